The molecule has 3 aliphatic rings. The highest BCUT2D eigenvalue weighted by molar-refractivity contribution is 6.30. The van der Waals surface area contributed by atoms with Crippen molar-refractivity contribution < 1.29 is 14.4 Å². The standard InChI is InChI=1S/C19H24ClN5O3/c1-12-11-24(8-9-25(12)15-10-14(20)5-7-21-15)16(26)4-6-19(13-2-3-13)17(27)22-18(28)23-19/h5,7,10,12-13H,2-4,6,8-9,11H2,1H3,(H2,22,23,27,28)/t12-,19?/m0/s1. The van der Waals surface area contributed by atoms with Gasteiger partial charge in [0.2, 0.25) is 5.91 Å². The van der Waals surface area contributed by atoms with E-state index in [0.29, 0.717) is 31.1 Å². The zero-order valence-corrected chi connectivity index (χ0v) is 16.5. The predicted molar refractivity (Wildman–Crippen MR) is 104 cm³/mol. The third-order valence-corrected chi connectivity index (χ3v) is 6.19. The fourth-order valence-corrected chi connectivity index (χ4v) is 4.44. The van der Waals surface area contributed by atoms with Gasteiger partial charge in [-0.2, -0.15) is 0 Å². The van der Waals surface area contributed by atoms with Gasteiger partial charge in [-0.25, -0.2) is 9.78 Å². The Bertz CT molecular complexity index is 815. The third-order valence-electron chi connectivity index (χ3n) is 5.96. The summed E-state index contributed by atoms with van der Waals surface area (Å²) in [5.74, 6) is 0.666. The maximum absolute atomic E-state index is 12.8. The Balaban J connectivity index is 1.36. The van der Waals surface area contributed by atoms with E-state index in [1.165, 1.54) is 0 Å². The molecule has 9 heteroatoms. The first-order valence-electron chi connectivity index (χ1n) is 9.68. The van der Waals surface area contributed by atoms with E-state index in [0.717, 1.165) is 18.7 Å². The summed E-state index contributed by atoms with van der Waals surface area (Å²) in [6.45, 7) is 3.90. The molecule has 2 atom stereocenters. The quantitative estimate of drug-likeness (QED) is 0.724. The van der Waals surface area contributed by atoms with Crippen LogP contribution in [0.2, 0.25) is 5.02 Å². The topological polar surface area (TPSA) is 94.6 Å². The Morgan fingerprint density at radius 1 is 1.36 bits per heavy atom. The summed E-state index contributed by atoms with van der Waals surface area (Å²) in [7, 11) is 0. The maximum Gasteiger partial charge on any atom is 0.322 e. The van der Waals surface area contributed by atoms with Gasteiger partial charge in [-0.1, -0.05) is 11.6 Å². The Morgan fingerprint density at radius 2 is 2.14 bits per heavy atom. The summed E-state index contributed by atoms with van der Waals surface area (Å²) in [6.07, 6.45) is 4.08. The number of aromatic nitrogens is 1. The number of carbonyl (C=O) groups excluding carboxylic acids is 3. The van der Waals surface area contributed by atoms with Crippen LogP contribution in [0, 0.1) is 5.92 Å². The van der Waals surface area contributed by atoms with Crippen LogP contribution in [-0.4, -0.2) is 58.9 Å². The smallest absolute Gasteiger partial charge is 0.322 e. The van der Waals surface area contributed by atoms with Crippen LogP contribution in [0.25, 0.3) is 0 Å². The van der Waals surface area contributed by atoms with Gasteiger partial charge in [0.05, 0.1) is 0 Å². The van der Waals surface area contributed by atoms with Gasteiger partial charge in [0.25, 0.3) is 5.91 Å². The fraction of sp³-hybridized carbons (Fsp3) is 0.579. The van der Waals surface area contributed by atoms with Crippen molar-refractivity contribution in [3.63, 3.8) is 0 Å². The number of anilines is 1. The molecule has 2 N–H and O–H groups in total. The van der Waals surface area contributed by atoms with E-state index in [4.69, 9.17) is 11.6 Å². The van der Waals surface area contributed by atoms with Gasteiger partial charge in [-0.15, -0.1) is 0 Å². The van der Waals surface area contributed by atoms with Crippen molar-refractivity contribution in [2.24, 2.45) is 5.92 Å². The van der Waals surface area contributed by atoms with Gasteiger partial charge >= 0.3 is 6.03 Å². The van der Waals surface area contributed by atoms with Crippen molar-refractivity contribution in [2.75, 3.05) is 24.5 Å². The van der Waals surface area contributed by atoms with Crippen molar-refractivity contribution in [1.82, 2.24) is 20.5 Å². The largest absolute Gasteiger partial charge is 0.350 e. The Labute approximate surface area is 168 Å². The molecule has 1 aromatic heterocycles. The summed E-state index contributed by atoms with van der Waals surface area (Å²) in [6, 6.07) is 3.22. The van der Waals surface area contributed by atoms with Crippen LogP contribution in [0.5, 0.6) is 0 Å². The van der Waals surface area contributed by atoms with E-state index in [2.05, 4.69) is 27.4 Å². The molecule has 28 heavy (non-hydrogen) atoms. The van der Waals surface area contributed by atoms with Crippen molar-refractivity contribution in [1.29, 1.82) is 0 Å². The molecule has 3 fully saturated rings. The van der Waals surface area contributed by atoms with Crippen LogP contribution < -0.4 is 15.5 Å². The second-order valence-corrected chi connectivity index (χ2v) is 8.30. The van der Waals surface area contributed by atoms with E-state index in [1.807, 2.05) is 11.0 Å². The van der Waals surface area contributed by atoms with Crippen LogP contribution >= 0.6 is 11.6 Å². The minimum absolute atomic E-state index is 0.0135. The SMILES string of the molecule is C[C@H]1CN(C(=O)CCC2(C3CC3)NC(=O)NC2=O)CCN1c1cc(Cl)ccn1. The van der Waals surface area contributed by atoms with Crippen LogP contribution in [0.1, 0.15) is 32.6 Å². The molecule has 1 unspecified atom stereocenters. The minimum atomic E-state index is -0.912. The number of imide groups is 1. The van der Waals surface area contributed by atoms with E-state index in [1.54, 1.807) is 12.3 Å². The highest BCUT2D eigenvalue weighted by Crippen LogP contribution is 2.43. The number of carbonyl (C=O) groups is 3. The van der Waals surface area contributed by atoms with Crippen LogP contribution in [0.15, 0.2) is 18.3 Å². The van der Waals surface area contributed by atoms with Crippen molar-refractivity contribution in [3.05, 3.63) is 23.4 Å². The lowest BCUT2D eigenvalue weighted by Gasteiger charge is -2.41. The summed E-state index contributed by atoms with van der Waals surface area (Å²) in [5, 5.41) is 5.75. The van der Waals surface area contributed by atoms with Gasteiger partial charge in [-0.3, -0.25) is 14.9 Å². The minimum Gasteiger partial charge on any atom is -0.350 e. The van der Waals surface area contributed by atoms with Crippen molar-refractivity contribution in [2.45, 2.75) is 44.2 Å². The number of halogens is 1. The first-order chi connectivity index (χ1) is 13.4. The molecular weight excluding hydrogens is 382 g/mol. The zero-order valence-electron chi connectivity index (χ0n) is 15.8. The molecular formula is C19H24ClN5O3. The number of nitrogens with zero attached hydrogens (tertiary/aromatic N) is 3. The lowest BCUT2D eigenvalue weighted by Crippen LogP contribution is -2.55. The number of rotatable bonds is 5. The van der Waals surface area contributed by atoms with E-state index in [9.17, 15) is 14.4 Å². The lowest BCUT2D eigenvalue weighted by atomic mass is 9.87. The third kappa shape index (κ3) is 3.53. The molecule has 0 spiro atoms. The van der Waals surface area contributed by atoms with Crippen LogP contribution in [0.4, 0.5) is 10.6 Å². The number of piperazine rings is 1. The second kappa shape index (κ2) is 7.24. The number of nitrogens with one attached hydrogen (secondary N) is 2. The zero-order chi connectivity index (χ0) is 19.9. The number of pyridine rings is 1. The molecule has 0 bridgehead atoms. The molecule has 3 heterocycles. The average molecular weight is 406 g/mol. The monoisotopic (exact) mass is 405 g/mol. The number of amides is 4. The molecule has 150 valence electrons. The Kier molecular flexibility index (Phi) is 4.91. The first kappa shape index (κ1) is 19.0. The van der Waals surface area contributed by atoms with Gasteiger partial charge in [0.15, 0.2) is 0 Å². The Morgan fingerprint density at radius 3 is 2.75 bits per heavy atom. The normalized spacial score (nSPS) is 27.6. The fourth-order valence-electron chi connectivity index (χ4n) is 4.29. The highest BCUT2D eigenvalue weighted by Gasteiger charge is 2.55. The average Bonchev–Trinajstić information content (AvgIpc) is 3.46. The number of urea groups is 1. The van der Waals surface area contributed by atoms with E-state index in [-0.39, 0.29) is 30.2 Å². The van der Waals surface area contributed by atoms with Gasteiger partial charge in [0, 0.05) is 43.3 Å². The lowest BCUT2D eigenvalue weighted by molar-refractivity contribution is -0.133. The number of hydrogen-bond donors (Lipinski definition) is 2. The summed E-state index contributed by atoms with van der Waals surface area (Å²) >= 11 is 6.07. The van der Waals surface area contributed by atoms with E-state index < -0.39 is 11.6 Å². The van der Waals surface area contributed by atoms with Crippen LogP contribution in [0.3, 0.4) is 0 Å². The van der Waals surface area contributed by atoms with Gasteiger partial charge in [-0.05, 0) is 44.2 Å². The highest BCUT2D eigenvalue weighted by atomic mass is 35.5. The van der Waals surface area contributed by atoms with Crippen molar-refractivity contribution in [3.8, 4) is 0 Å². The summed E-state index contributed by atoms with van der Waals surface area (Å²) < 4.78 is 0. The molecule has 4 amide bonds. The maximum atomic E-state index is 12.8. The summed E-state index contributed by atoms with van der Waals surface area (Å²) in [4.78, 5) is 45.1. The molecule has 0 aromatic carbocycles. The molecule has 4 rings (SSSR count). The molecule has 0 radical (unpaired) electrons. The molecule has 8 nitrogen and oxygen atoms in total. The van der Waals surface area contributed by atoms with Crippen molar-refractivity contribution >= 4 is 35.3 Å². The first-order valence-corrected chi connectivity index (χ1v) is 10.1. The van der Waals surface area contributed by atoms with E-state index >= 15 is 0 Å². The Hall–Kier alpha value is -2.35. The van der Waals surface area contributed by atoms with Gasteiger partial charge in [0.1, 0.15) is 11.4 Å². The molecule has 2 aliphatic heterocycles. The molecule has 2 saturated heterocycles. The molecule has 1 aromatic rings. The second-order valence-electron chi connectivity index (χ2n) is 7.87. The summed E-state index contributed by atoms with van der Waals surface area (Å²) in [5.41, 5.74) is -0.912. The van der Waals surface area contributed by atoms with Gasteiger partial charge < -0.3 is 15.1 Å². The molecule has 1 aliphatic carbocycles. The predicted octanol–water partition coefficient (Wildman–Crippen LogP) is 1.54. The number of hydrogen-bond acceptors (Lipinski definition) is 5. The van der Waals surface area contributed by atoms with Crippen LogP contribution in [-0.2, 0) is 9.59 Å². The molecule has 1 saturated carbocycles.